The van der Waals surface area contributed by atoms with Gasteiger partial charge < -0.3 is 15.2 Å². The van der Waals surface area contributed by atoms with Gasteiger partial charge in [0.15, 0.2) is 5.84 Å². The first-order valence-electron chi connectivity index (χ1n) is 14.9. The molecule has 0 saturated heterocycles. The van der Waals surface area contributed by atoms with Crippen molar-refractivity contribution in [3.8, 4) is 0 Å². The quantitative estimate of drug-likeness (QED) is 0.200. The lowest BCUT2D eigenvalue weighted by Gasteiger charge is -2.21. The number of carbonyl (C=O) groups excluding carboxylic acids is 2. The van der Waals surface area contributed by atoms with Crippen LogP contribution in [-0.4, -0.2) is 61.5 Å². The molecule has 2 aliphatic rings. The van der Waals surface area contributed by atoms with Crippen LogP contribution in [-0.2, 0) is 27.4 Å². The summed E-state index contributed by atoms with van der Waals surface area (Å²) in [4.78, 5) is 61.2. The van der Waals surface area contributed by atoms with Crippen LogP contribution in [0.5, 0.6) is 0 Å². The van der Waals surface area contributed by atoms with Crippen molar-refractivity contribution in [1.82, 2.24) is 19.7 Å². The lowest BCUT2D eigenvalue weighted by molar-refractivity contribution is -0.137. The number of carboxylic acid groups (broad SMARTS) is 1. The number of halogens is 2. The summed E-state index contributed by atoms with van der Waals surface area (Å²) in [5.41, 5.74) is 0.0325. The number of methoxy groups -OCH3 is 1. The summed E-state index contributed by atoms with van der Waals surface area (Å²) < 4.78 is 22.3. The van der Waals surface area contributed by atoms with E-state index in [1.807, 2.05) is 26.0 Å². The molecule has 6 rings (SSSR count). The summed E-state index contributed by atoms with van der Waals surface area (Å²) in [5, 5.41) is 13.1. The minimum atomic E-state index is -1.10. The van der Waals surface area contributed by atoms with Gasteiger partial charge in [-0.25, -0.2) is 28.8 Å². The molecule has 0 saturated carbocycles. The van der Waals surface area contributed by atoms with Crippen LogP contribution in [0.4, 0.5) is 10.1 Å². The Bertz CT molecular complexity index is 2090. The highest BCUT2D eigenvalue weighted by atomic mass is 35.5. The largest absolute Gasteiger partial charge is 0.478 e. The van der Waals surface area contributed by atoms with Crippen molar-refractivity contribution >= 4 is 75.0 Å². The molecule has 1 amide bonds. The highest BCUT2D eigenvalue weighted by molar-refractivity contribution is 8.00. The lowest BCUT2D eigenvalue weighted by Crippen LogP contribution is -2.41. The molecule has 12 nitrogen and oxygen atoms in total. The fourth-order valence-electron chi connectivity index (χ4n) is 4.94. The van der Waals surface area contributed by atoms with Crippen LogP contribution in [0.2, 0.25) is 5.02 Å². The number of benzene rings is 2. The Labute approximate surface area is 287 Å². The average Bonchev–Trinajstić information content (AvgIpc) is 3.56. The molecule has 4 aromatic rings. The Morgan fingerprint density at radius 1 is 1.19 bits per heavy atom. The molecule has 2 aromatic carbocycles. The summed E-state index contributed by atoms with van der Waals surface area (Å²) in [6, 6.07) is 11.4. The molecule has 2 aliphatic heterocycles. The number of pyridine rings is 1. The summed E-state index contributed by atoms with van der Waals surface area (Å²) in [5.74, 6) is -2.07. The minimum Gasteiger partial charge on any atom is -0.478 e. The van der Waals surface area contributed by atoms with Gasteiger partial charge in [0, 0.05) is 23.4 Å². The lowest BCUT2D eigenvalue weighted by atomic mass is 9.89. The first kappa shape index (κ1) is 35.0. The fraction of sp³-hybridized carbons (Fsp3) is 0.344. The van der Waals surface area contributed by atoms with Crippen LogP contribution >= 0.6 is 34.7 Å². The molecule has 252 valence electrons. The summed E-state index contributed by atoms with van der Waals surface area (Å²) in [6.45, 7) is 6.86. The maximum Gasteiger partial charge on any atom is 0.338 e. The van der Waals surface area contributed by atoms with Crippen molar-refractivity contribution in [1.29, 1.82) is 0 Å². The van der Waals surface area contributed by atoms with E-state index >= 15 is 0 Å². The topological polar surface area (TPSA) is 157 Å². The van der Waals surface area contributed by atoms with Gasteiger partial charge in [-0.15, -0.1) is 11.8 Å². The number of nitrogens with one attached hydrogen (secondary N) is 1. The predicted octanol–water partition coefficient (Wildman–Crippen LogP) is 5.02. The van der Waals surface area contributed by atoms with E-state index in [-0.39, 0.29) is 50.3 Å². The first-order valence-corrected chi connectivity index (χ1v) is 17.1. The monoisotopic (exact) mass is 714 g/mol. The number of amidine groups is 1. The van der Waals surface area contributed by atoms with E-state index in [0.717, 1.165) is 47.4 Å². The van der Waals surface area contributed by atoms with Crippen LogP contribution < -0.4 is 15.0 Å². The molecule has 0 aliphatic carbocycles. The molecule has 2 aromatic heterocycles. The van der Waals surface area contributed by atoms with Gasteiger partial charge in [-0.05, 0) is 61.3 Å². The standard InChI is InChI=1S/C17H17N3O3.C15H15ClFN3O3S2/c1-9(2)17(3)16(23)19-14(20-17)13-11(15(21)22)8-10-6-4-5-7-12(10)18-13;1-23-13(21)8-24-12-7-11(10(17)6-9(12)16)18-14-19-4-2-3-5-20(19)15(22)25-14/h4-9H,1-3H3,(H,21,22)(H,19,20,23);6-7H,2-5,8H2,1H3/b;18-14-. The van der Waals surface area contributed by atoms with Gasteiger partial charge in [-0.2, -0.15) is 0 Å². The number of thioether (sulfide) groups is 1. The fourth-order valence-corrected chi connectivity index (χ4v) is 6.93. The number of fused-ring (bicyclic) bond motifs is 2. The highest BCUT2D eigenvalue weighted by Crippen LogP contribution is 2.33. The number of carbonyl (C=O) groups is 3. The first-order chi connectivity index (χ1) is 22.8. The van der Waals surface area contributed by atoms with Gasteiger partial charge in [0.25, 0.3) is 5.91 Å². The third-order valence-electron chi connectivity index (χ3n) is 8.02. The van der Waals surface area contributed by atoms with E-state index < -0.39 is 23.3 Å². The van der Waals surface area contributed by atoms with E-state index in [1.54, 1.807) is 34.5 Å². The van der Waals surface area contributed by atoms with Gasteiger partial charge in [0.05, 0.1) is 29.0 Å². The Morgan fingerprint density at radius 3 is 2.56 bits per heavy atom. The molecule has 2 N–H and O–H groups in total. The number of esters is 1. The second-order valence-electron chi connectivity index (χ2n) is 11.4. The second kappa shape index (κ2) is 14.4. The Hall–Kier alpha value is -4.34. The van der Waals surface area contributed by atoms with Crippen LogP contribution in [0.15, 0.2) is 62.1 Å². The zero-order valence-corrected chi connectivity index (χ0v) is 28.8. The number of hydrogen-bond donors (Lipinski definition) is 2. The molecule has 0 fully saturated rings. The van der Waals surface area contributed by atoms with Crippen LogP contribution in [0.3, 0.4) is 0 Å². The zero-order valence-electron chi connectivity index (χ0n) is 26.5. The Balaban J connectivity index is 0.000000188. The van der Waals surface area contributed by atoms with Gasteiger partial charge >= 0.3 is 16.8 Å². The van der Waals surface area contributed by atoms with Crippen LogP contribution in [0, 0.1) is 11.7 Å². The minimum absolute atomic E-state index is 0.0197. The Morgan fingerprint density at radius 2 is 1.90 bits per heavy atom. The zero-order chi connectivity index (χ0) is 34.7. The number of hydrogen-bond acceptors (Lipinski definition) is 10. The van der Waals surface area contributed by atoms with Crippen LogP contribution in [0.25, 0.3) is 10.9 Å². The van der Waals surface area contributed by atoms with Crippen molar-refractivity contribution in [3.63, 3.8) is 0 Å². The number of rotatable bonds is 7. The predicted molar refractivity (Wildman–Crippen MR) is 182 cm³/mol. The van der Waals surface area contributed by atoms with Gasteiger partial charge in [-0.3, -0.25) is 19.1 Å². The smallest absolute Gasteiger partial charge is 0.338 e. The van der Waals surface area contributed by atoms with E-state index in [1.165, 1.54) is 13.2 Å². The number of nitrogens with zero attached hydrogens (tertiary/aromatic N) is 5. The number of amides is 1. The number of para-hydroxylation sites is 1. The van der Waals surface area contributed by atoms with Gasteiger partial charge in [0.2, 0.25) is 4.80 Å². The van der Waals surface area contributed by atoms with E-state index in [9.17, 15) is 28.7 Å². The van der Waals surface area contributed by atoms with Crippen molar-refractivity contribution < 1.29 is 28.6 Å². The maximum absolute atomic E-state index is 14.3. The molecule has 16 heteroatoms. The van der Waals surface area contributed by atoms with Crippen molar-refractivity contribution in [2.75, 3.05) is 12.9 Å². The van der Waals surface area contributed by atoms with E-state index in [2.05, 4.69) is 25.0 Å². The number of carboxylic acids is 1. The maximum atomic E-state index is 14.3. The molecular formula is C32H32ClFN6O6S2. The third kappa shape index (κ3) is 7.22. The molecule has 48 heavy (non-hydrogen) atoms. The molecule has 0 radical (unpaired) electrons. The van der Waals surface area contributed by atoms with Crippen molar-refractivity contribution in [3.05, 3.63) is 79.0 Å². The normalized spacial score (nSPS) is 17.4. The van der Waals surface area contributed by atoms with Gasteiger partial charge in [-0.1, -0.05) is 43.6 Å². The van der Waals surface area contributed by atoms with Crippen molar-refractivity contribution in [2.24, 2.45) is 15.9 Å². The number of aromatic nitrogens is 3. The summed E-state index contributed by atoms with van der Waals surface area (Å²) in [6.07, 6.45) is 1.90. The third-order valence-corrected chi connectivity index (χ3v) is 10.3. The average molecular weight is 715 g/mol. The van der Waals surface area contributed by atoms with E-state index in [0.29, 0.717) is 28.3 Å². The SMILES string of the molecule is CC(C)C1(C)N=C(c2nc3ccccc3cc2C(=O)O)NC1=O.COC(=O)CSc1cc(/N=c2\sc(=O)n3n2CCCC3)c(F)cc1Cl. The van der Waals surface area contributed by atoms with Crippen LogP contribution in [0.1, 0.15) is 49.7 Å². The number of aliphatic imine (C=N–C) groups is 1. The highest BCUT2D eigenvalue weighted by Gasteiger charge is 2.43. The molecule has 1 unspecified atom stereocenters. The molecular weight excluding hydrogens is 683 g/mol. The molecule has 0 spiro atoms. The molecule has 4 heterocycles. The van der Waals surface area contributed by atoms with Gasteiger partial charge in [0.1, 0.15) is 22.7 Å². The second-order valence-corrected chi connectivity index (χ2v) is 13.8. The van der Waals surface area contributed by atoms with E-state index in [4.69, 9.17) is 11.6 Å². The van der Waals surface area contributed by atoms with Crippen molar-refractivity contribution in [2.45, 2.75) is 57.1 Å². The summed E-state index contributed by atoms with van der Waals surface area (Å²) in [7, 11) is 1.30. The Kier molecular flexibility index (Phi) is 10.5. The number of ether oxygens (including phenoxy) is 1. The molecule has 1 atom stereocenters. The number of aromatic carboxylic acids is 1. The summed E-state index contributed by atoms with van der Waals surface area (Å²) >= 11 is 8.17. The molecule has 0 bridgehead atoms.